The Morgan fingerprint density at radius 3 is 2.65 bits per heavy atom. The van der Waals surface area contributed by atoms with Gasteiger partial charge in [-0.3, -0.25) is 4.99 Å². The molecule has 3 unspecified atom stereocenters. The van der Waals surface area contributed by atoms with E-state index in [0.29, 0.717) is 12.6 Å². The highest BCUT2D eigenvalue weighted by molar-refractivity contribution is 14.0. The van der Waals surface area contributed by atoms with Gasteiger partial charge in [0.05, 0.1) is 12.6 Å². The highest BCUT2D eigenvalue weighted by Gasteiger charge is 2.35. The lowest BCUT2D eigenvalue weighted by molar-refractivity contribution is 0.00716. The minimum Gasteiger partial charge on any atom is -0.392 e. The molecule has 0 saturated heterocycles. The summed E-state index contributed by atoms with van der Waals surface area (Å²) in [5.41, 5.74) is -0.0595. The van der Waals surface area contributed by atoms with Crippen LogP contribution in [0.2, 0.25) is 0 Å². The Hall–Kier alpha value is -0.0400. The quantitative estimate of drug-likeness (QED) is 0.380. The zero-order valence-corrected chi connectivity index (χ0v) is 15.7. The molecule has 4 nitrogen and oxygen atoms in total. The number of hydrogen-bond acceptors (Lipinski definition) is 2. The molecule has 0 amide bonds. The van der Waals surface area contributed by atoms with Crippen LogP contribution in [-0.2, 0) is 0 Å². The first-order chi connectivity index (χ1) is 9.01. The van der Waals surface area contributed by atoms with Crippen molar-refractivity contribution in [3.63, 3.8) is 0 Å². The molecule has 0 aromatic heterocycles. The number of nitrogens with zero attached hydrogens (tertiary/aromatic N) is 1. The second-order valence-electron chi connectivity index (χ2n) is 6.06. The van der Waals surface area contributed by atoms with Gasteiger partial charge in [-0.25, -0.2) is 0 Å². The lowest BCUT2D eigenvalue weighted by atomic mass is 9.73. The minimum absolute atomic E-state index is 0. The molecule has 0 bridgehead atoms. The molecule has 1 rings (SSSR count). The summed E-state index contributed by atoms with van der Waals surface area (Å²) in [6, 6.07) is 0.418. The molecule has 0 radical (unpaired) electrons. The molecular weight excluding hydrogens is 365 g/mol. The van der Waals surface area contributed by atoms with Crippen LogP contribution in [0.5, 0.6) is 0 Å². The summed E-state index contributed by atoms with van der Waals surface area (Å²) in [4.78, 5) is 4.68. The van der Waals surface area contributed by atoms with E-state index in [1.165, 1.54) is 6.42 Å². The summed E-state index contributed by atoms with van der Waals surface area (Å²) >= 11 is 0. The normalized spacial score (nSPS) is 28.4. The van der Waals surface area contributed by atoms with Crippen LogP contribution in [0.15, 0.2) is 4.99 Å². The molecule has 20 heavy (non-hydrogen) atoms. The third-order valence-corrected chi connectivity index (χ3v) is 4.22. The molecule has 0 spiro atoms. The molecular formula is C15H32IN3O. The molecule has 0 heterocycles. The van der Waals surface area contributed by atoms with Gasteiger partial charge in [0.25, 0.3) is 0 Å². The van der Waals surface area contributed by atoms with Gasteiger partial charge >= 0.3 is 0 Å². The van der Waals surface area contributed by atoms with Crippen molar-refractivity contribution >= 4 is 29.9 Å². The average Bonchev–Trinajstić information content (AvgIpc) is 2.40. The highest BCUT2D eigenvalue weighted by Crippen LogP contribution is 2.36. The fourth-order valence-corrected chi connectivity index (χ4v) is 2.48. The summed E-state index contributed by atoms with van der Waals surface area (Å²) in [5, 5.41) is 16.9. The van der Waals surface area contributed by atoms with Crippen LogP contribution in [0.4, 0.5) is 0 Å². The predicted molar refractivity (Wildman–Crippen MR) is 96.9 cm³/mol. The Morgan fingerprint density at radius 2 is 2.10 bits per heavy atom. The van der Waals surface area contributed by atoms with Crippen molar-refractivity contribution in [1.29, 1.82) is 0 Å². The second-order valence-corrected chi connectivity index (χ2v) is 6.06. The zero-order chi connectivity index (χ0) is 14.3. The summed E-state index contributed by atoms with van der Waals surface area (Å²) in [5.74, 6) is 0.871. The van der Waals surface area contributed by atoms with E-state index in [9.17, 15) is 5.11 Å². The van der Waals surface area contributed by atoms with Gasteiger partial charge in [0.2, 0.25) is 0 Å². The van der Waals surface area contributed by atoms with E-state index >= 15 is 0 Å². The molecule has 1 aliphatic rings. The maximum Gasteiger partial charge on any atom is 0.191 e. The van der Waals surface area contributed by atoms with E-state index in [0.717, 1.165) is 38.2 Å². The predicted octanol–water partition coefficient (Wildman–Crippen LogP) is 2.90. The Kier molecular flexibility index (Phi) is 9.80. The van der Waals surface area contributed by atoms with E-state index in [1.54, 1.807) is 0 Å². The third-order valence-electron chi connectivity index (χ3n) is 4.22. The summed E-state index contributed by atoms with van der Waals surface area (Å²) < 4.78 is 0. The molecule has 1 saturated carbocycles. The van der Waals surface area contributed by atoms with E-state index in [4.69, 9.17) is 0 Å². The Morgan fingerprint density at radius 1 is 1.40 bits per heavy atom. The number of rotatable bonds is 5. The highest BCUT2D eigenvalue weighted by atomic mass is 127. The van der Waals surface area contributed by atoms with Crippen molar-refractivity contribution in [1.82, 2.24) is 10.6 Å². The van der Waals surface area contributed by atoms with Crippen LogP contribution in [0.1, 0.15) is 59.8 Å². The van der Waals surface area contributed by atoms with Gasteiger partial charge in [0.15, 0.2) is 5.96 Å². The first-order valence-electron chi connectivity index (χ1n) is 7.74. The van der Waals surface area contributed by atoms with Gasteiger partial charge in [-0.1, -0.05) is 26.7 Å². The molecule has 0 aromatic rings. The van der Waals surface area contributed by atoms with E-state index < -0.39 is 0 Å². The van der Waals surface area contributed by atoms with Crippen molar-refractivity contribution in [2.45, 2.75) is 71.9 Å². The average molecular weight is 397 g/mol. The number of halogens is 1. The van der Waals surface area contributed by atoms with Gasteiger partial charge in [-0.15, -0.1) is 24.0 Å². The number of nitrogens with one attached hydrogen (secondary N) is 2. The van der Waals surface area contributed by atoms with Gasteiger partial charge in [-0.2, -0.15) is 0 Å². The molecule has 3 N–H and O–H groups in total. The molecule has 3 atom stereocenters. The van der Waals surface area contributed by atoms with Gasteiger partial charge in [0, 0.05) is 18.0 Å². The van der Waals surface area contributed by atoms with Crippen LogP contribution in [0.25, 0.3) is 0 Å². The van der Waals surface area contributed by atoms with Crippen LogP contribution >= 0.6 is 24.0 Å². The fraction of sp³-hybridized carbons (Fsp3) is 0.933. The molecule has 0 aliphatic heterocycles. The lowest BCUT2D eigenvalue weighted by Gasteiger charge is -2.37. The number of aliphatic hydroxyl groups is 1. The van der Waals surface area contributed by atoms with Gasteiger partial charge in [0.1, 0.15) is 0 Å². The van der Waals surface area contributed by atoms with Crippen LogP contribution < -0.4 is 10.6 Å². The summed E-state index contributed by atoms with van der Waals surface area (Å²) in [6.07, 6.45) is 5.20. The first kappa shape index (κ1) is 20.0. The molecule has 0 aromatic carbocycles. The SMILES string of the molecule is CCNC(=NCC1(C)CCCCC1O)NC(C)CC.I. The summed E-state index contributed by atoms with van der Waals surface area (Å²) in [7, 11) is 0. The van der Waals surface area contributed by atoms with Crippen molar-refractivity contribution < 1.29 is 5.11 Å². The molecule has 1 fully saturated rings. The van der Waals surface area contributed by atoms with Crippen LogP contribution in [-0.4, -0.2) is 36.3 Å². The Bertz CT molecular complexity index is 299. The Balaban J connectivity index is 0.00000361. The van der Waals surface area contributed by atoms with Crippen molar-refractivity contribution in [2.75, 3.05) is 13.1 Å². The van der Waals surface area contributed by atoms with E-state index in [-0.39, 0.29) is 35.5 Å². The maximum atomic E-state index is 10.2. The molecule has 5 heteroatoms. The maximum absolute atomic E-state index is 10.2. The number of hydrogen-bond donors (Lipinski definition) is 3. The first-order valence-corrected chi connectivity index (χ1v) is 7.74. The second kappa shape index (κ2) is 9.82. The summed E-state index contributed by atoms with van der Waals surface area (Å²) in [6.45, 7) is 10.1. The van der Waals surface area contributed by atoms with Crippen LogP contribution in [0, 0.1) is 5.41 Å². The Labute approximate surface area is 141 Å². The molecule has 1 aliphatic carbocycles. The minimum atomic E-state index is -0.212. The zero-order valence-electron chi connectivity index (χ0n) is 13.4. The van der Waals surface area contributed by atoms with Crippen molar-refractivity contribution in [3.8, 4) is 0 Å². The topological polar surface area (TPSA) is 56.7 Å². The number of guanidine groups is 1. The monoisotopic (exact) mass is 397 g/mol. The number of aliphatic imine (C=N–C) groups is 1. The van der Waals surface area contributed by atoms with E-state index in [2.05, 4.69) is 43.3 Å². The largest absolute Gasteiger partial charge is 0.392 e. The standard InChI is InChI=1S/C15H31N3O.HI/c1-5-12(3)18-14(16-6-2)17-11-15(4)10-8-7-9-13(15)19;/h12-13,19H,5-11H2,1-4H3,(H2,16,17,18);1H. The van der Waals surface area contributed by atoms with Gasteiger partial charge in [-0.05, 0) is 33.1 Å². The van der Waals surface area contributed by atoms with Gasteiger partial charge < -0.3 is 15.7 Å². The smallest absolute Gasteiger partial charge is 0.191 e. The lowest BCUT2D eigenvalue weighted by Crippen LogP contribution is -2.44. The van der Waals surface area contributed by atoms with Crippen LogP contribution in [0.3, 0.4) is 0 Å². The third kappa shape index (κ3) is 6.16. The van der Waals surface area contributed by atoms with Crippen molar-refractivity contribution in [3.05, 3.63) is 0 Å². The van der Waals surface area contributed by atoms with Crippen molar-refractivity contribution in [2.24, 2.45) is 10.4 Å². The molecule has 120 valence electrons. The number of aliphatic hydroxyl groups excluding tert-OH is 1. The van der Waals surface area contributed by atoms with E-state index in [1.807, 2.05) is 0 Å². The fourth-order valence-electron chi connectivity index (χ4n) is 2.48.